The first kappa shape index (κ1) is 22.5. The number of methoxy groups -OCH3 is 2. The van der Waals surface area contributed by atoms with Gasteiger partial charge >= 0.3 is 0 Å². The molecule has 0 radical (unpaired) electrons. The molecule has 1 saturated carbocycles. The summed E-state index contributed by atoms with van der Waals surface area (Å²) < 4.78 is 12.9. The third-order valence-corrected chi connectivity index (χ3v) is 7.08. The van der Waals surface area contributed by atoms with Gasteiger partial charge < -0.3 is 19.7 Å². The fourth-order valence-electron chi connectivity index (χ4n) is 5.28. The van der Waals surface area contributed by atoms with E-state index in [-0.39, 0.29) is 11.4 Å². The van der Waals surface area contributed by atoms with E-state index in [0.29, 0.717) is 34.7 Å². The normalized spacial score (nSPS) is 20.6. The molecule has 7 nitrogen and oxygen atoms in total. The van der Waals surface area contributed by atoms with E-state index >= 15 is 0 Å². The van der Waals surface area contributed by atoms with E-state index in [1.54, 1.807) is 20.3 Å². The molecule has 1 aliphatic heterocycles. The third kappa shape index (κ3) is 4.05. The molecule has 32 heavy (non-hydrogen) atoms. The van der Waals surface area contributed by atoms with Gasteiger partial charge in [0.15, 0.2) is 0 Å². The highest BCUT2D eigenvalue weighted by atomic mass is 16.5. The number of ether oxygens (including phenoxy) is 2. The van der Waals surface area contributed by atoms with Crippen LogP contribution in [0.4, 0.5) is 11.5 Å². The van der Waals surface area contributed by atoms with Crippen molar-refractivity contribution in [1.82, 2.24) is 9.78 Å². The third-order valence-electron chi connectivity index (χ3n) is 7.08. The van der Waals surface area contributed by atoms with Crippen LogP contribution >= 0.6 is 0 Å². The molecule has 1 atom stereocenters. The second-order valence-corrected chi connectivity index (χ2v) is 9.86. The number of benzene rings is 1. The lowest BCUT2D eigenvalue weighted by atomic mass is 9.85. The fourth-order valence-corrected chi connectivity index (χ4v) is 5.28. The van der Waals surface area contributed by atoms with E-state index in [9.17, 15) is 4.79 Å². The van der Waals surface area contributed by atoms with Crippen LogP contribution in [0.25, 0.3) is 0 Å². The Balaban J connectivity index is 1.80. The number of rotatable bonds is 5. The van der Waals surface area contributed by atoms with Crippen LogP contribution in [0.2, 0.25) is 0 Å². The molecule has 0 spiro atoms. The standard InChI is InChI=1S/C25H36N4O3/c1-16-15-25(2,3)29-24(28(16)4)21(22(27-29)17-10-8-7-9-11-17)23(30)26-18-12-19(31-5)14-20(13-18)32-6/h12-14,16-17H,7-11,15H2,1-6H3,(H,26,30). The number of nitrogens with zero attached hydrogens (tertiary/aromatic N) is 3. The van der Waals surface area contributed by atoms with Crippen LogP contribution in [0.5, 0.6) is 11.5 Å². The molecule has 2 aliphatic rings. The van der Waals surface area contributed by atoms with Crippen LogP contribution in [0, 0.1) is 0 Å². The summed E-state index contributed by atoms with van der Waals surface area (Å²) in [6.07, 6.45) is 6.80. The number of nitrogens with one attached hydrogen (secondary N) is 1. The quantitative estimate of drug-likeness (QED) is 0.695. The number of anilines is 2. The Hall–Kier alpha value is -2.70. The number of amides is 1. The predicted octanol–water partition coefficient (Wildman–Crippen LogP) is 5.16. The average Bonchev–Trinajstić information content (AvgIpc) is 3.20. The van der Waals surface area contributed by atoms with Gasteiger partial charge in [0.1, 0.15) is 22.9 Å². The van der Waals surface area contributed by atoms with Crippen LogP contribution in [0.3, 0.4) is 0 Å². The van der Waals surface area contributed by atoms with Crippen molar-refractivity contribution in [3.8, 4) is 11.5 Å². The lowest BCUT2D eigenvalue weighted by Gasteiger charge is -2.42. The highest BCUT2D eigenvalue weighted by Crippen LogP contribution is 2.43. The number of aromatic nitrogens is 2. The molecule has 1 amide bonds. The van der Waals surface area contributed by atoms with Crippen molar-refractivity contribution in [1.29, 1.82) is 0 Å². The van der Waals surface area contributed by atoms with Crippen LogP contribution in [-0.2, 0) is 5.54 Å². The first-order valence-corrected chi connectivity index (χ1v) is 11.7. The van der Waals surface area contributed by atoms with Crippen molar-refractivity contribution in [3.05, 3.63) is 29.5 Å². The molecule has 1 unspecified atom stereocenters. The van der Waals surface area contributed by atoms with E-state index in [2.05, 4.69) is 42.7 Å². The maximum Gasteiger partial charge on any atom is 0.261 e. The SMILES string of the molecule is COc1cc(NC(=O)c2c(C3CCCCC3)nn3c2N(C)C(C)CC3(C)C)cc(OC)c1. The van der Waals surface area contributed by atoms with E-state index in [4.69, 9.17) is 14.6 Å². The van der Waals surface area contributed by atoms with Gasteiger partial charge in [0, 0.05) is 42.9 Å². The minimum atomic E-state index is -0.150. The molecule has 1 aromatic carbocycles. The number of carbonyl (C=O) groups is 1. The molecular weight excluding hydrogens is 404 g/mol. The minimum absolute atomic E-state index is 0.126. The van der Waals surface area contributed by atoms with Gasteiger partial charge in [-0.05, 0) is 40.0 Å². The molecule has 1 N–H and O–H groups in total. The van der Waals surface area contributed by atoms with Gasteiger partial charge in [0.25, 0.3) is 5.91 Å². The number of fused-ring (bicyclic) bond motifs is 1. The van der Waals surface area contributed by atoms with Gasteiger partial charge in [0.2, 0.25) is 0 Å². The summed E-state index contributed by atoms with van der Waals surface area (Å²) in [7, 11) is 5.28. The highest BCUT2D eigenvalue weighted by molar-refractivity contribution is 6.09. The average molecular weight is 441 g/mol. The Morgan fingerprint density at radius 3 is 2.31 bits per heavy atom. The van der Waals surface area contributed by atoms with Crippen molar-refractivity contribution in [2.75, 3.05) is 31.5 Å². The minimum Gasteiger partial charge on any atom is -0.497 e. The first-order chi connectivity index (χ1) is 15.2. The molecule has 1 fully saturated rings. The smallest absolute Gasteiger partial charge is 0.261 e. The summed E-state index contributed by atoms with van der Waals surface area (Å²) in [6.45, 7) is 6.64. The Labute approximate surface area is 191 Å². The number of hydrogen-bond donors (Lipinski definition) is 1. The Morgan fingerprint density at radius 2 is 1.72 bits per heavy atom. The first-order valence-electron chi connectivity index (χ1n) is 11.7. The maximum atomic E-state index is 13.8. The lowest BCUT2D eigenvalue weighted by Crippen LogP contribution is -2.46. The number of hydrogen-bond acceptors (Lipinski definition) is 5. The molecule has 1 aromatic heterocycles. The molecule has 0 saturated heterocycles. The van der Waals surface area contributed by atoms with E-state index in [0.717, 1.165) is 30.8 Å². The summed E-state index contributed by atoms with van der Waals surface area (Å²) in [5.74, 6) is 2.38. The van der Waals surface area contributed by atoms with Gasteiger partial charge in [-0.25, -0.2) is 4.68 Å². The summed E-state index contributed by atoms with van der Waals surface area (Å²) in [5, 5.41) is 8.21. The van der Waals surface area contributed by atoms with Gasteiger partial charge in [-0.3, -0.25) is 4.79 Å². The Kier molecular flexibility index (Phi) is 6.10. The Bertz CT molecular complexity index is 969. The molecule has 2 heterocycles. The van der Waals surface area contributed by atoms with E-state index in [1.807, 2.05) is 12.1 Å². The Morgan fingerprint density at radius 1 is 1.09 bits per heavy atom. The predicted molar refractivity (Wildman–Crippen MR) is 127 cm³/mol. The fraction of sp³-hybridized carbons (Fsp3) is 0.600. The van der Waals surface area contributed by atoms with Crippen LogP contribution in [0.1, 0.15) is 81.3 Å². The highest BCUT2D eigenvalue weighted by Gasteiger charge is 2.41. The van der Waals surface area contributed by atoms with Crippen molar-refractivity contribution >= 4 is 17.4 Å². The molecule has 4 rings (SSSR count). The molecule has 1 aliphatic carbocycles. The summed E-state index contributed by atoms with van der Waals surface area (Å²) in [4.78, 5) is 16.0. The second kappa shape index (κ2) is 8.68. The summed E-state index contributed by atoms with van der Waals surface area (Å²) in [5.41, 5.74) is 2.15. The zero-order valence-corrected chi connectivity index (χ0v) is 20.2. The summed E-state index contributed by atoms with van der Waals surface area (Å²) >= 11 is 0. The summed E-state index contributed by atoms with van der Waals surface area (Å²) in [6, 6.07) is 5.74. The van der Waals surface area contributed by atoms with Crippen molar-refractivity contribution in [3.63, 3.8) is 0 Å². The largest absolute Gasteiger partial charge is 0.497 e. The van der Waals surface area contributed by atoms with Crippen LogP contribution < -0.4 is 19.7 Å². The number of carbonyl (C=O) groups excluding carboxylic acids is 1. The van der Waals surface area contributed by atoms with Crippen LogP contribution in [-0.4, -0.2) is 43.0 Å². The molecule has 174 valence electrons. The van der Waals surface area contributed by atoms with Gasteiger partial charge in [-0.1, -0.05) is 19.3 Å². The molecule has 2 aromatic rings. The second-order valence-electron chi connectivity index (χ2n) is 9.86. The van der Waals surface area contributed by atoms with Crippen molar-refractivity contribution < 1.29 is 14.3 Å². The van der Waals surface area contributed by atoms with Crippen molar-refractivity contribution in [2.45, 2.75) is 76.8 Å². The van der Waals surface area contributed by atoms with Gasteiger partial charge in [0.05, 0.1) is 25.5 Å². The van der Waals surface area contributed by atoms with Crippen molar-refractivity contribution in [2.24, 2.45) is 0 Å². The zero-order valence-electron chi connectivity index (χ0n) is 20.2. The molecular formula is C25H36N4O3. The zero-order chi connectivity index (χ0) is 23.0. The van der Waals surface area contributed by atoms with E-state index < -0.39 is 0 Å². The molecule has 7 heteroatoms. The van der Waals surface area contributed by atoms with Crippen LogP contribution in [0.15, 0.2) is 18.2 Å². The lowest BCUT2D eigenvalue weighted by molar-refractivity contribution is 0.102. The van der Waals surface area contributed by atoms with E-state index in [1.165, 1.54) is 19.3 Å². The maximum absolute atomic E-state index is 13.8. The van der Waals surface area contributed by atoms with Gasteiger partial charge in [-0.15, -0.1) is 0 Å². The van der Waals surface area contributed by atoms with Gasteiger partial charge in [-0.2, -0.15) is 5.10 Å². The molecule has 0 bridgehead atoms. The topological polar surface area (TPSA) is 68.6 Å². The monoisotopic (exact) mass is 440 g/mol.